The van der Waals surface area contributed by atoms with Gasteiger partial charge in [0.2, 0.25) is 5.89 Å². The van der Waals surface area contributed by atoms with Gasteiger partial charge in [-0.3, -0.25) is 4.79 Å². The van der Waals surface area contributed by atoms with E-state index in [1.165, 1.54) is 35.3 Å². The van der Waals surface area contributed by atoms with Crippen LogP contribution in [0.1, 0.15) is 40.2 Å². The highest BCUT2D eigenvalue weighted by atomic mass is 19.3. The molecule has 1 unspecified atom stereocenters. The minimum absolute atomic E-state index is 0.0410. The highest BCUT2D eigenvalue weighted by Crippen LogP contribution is 2.31. The number of aromatic nitrogens is 2. The molecule has 0 radical (unpaired) electrons. The second-order valence-corrected chi connectivity index (χ2v) is 8.03. The maximum absolute atomic E-state index is 13.4. The fourth-order valence-electron chi connectivity index (χ4n) is 3.87. The van der Waals surface area contributed by atoms with E-state index in [2.05, 4.69) is 10.2 Å². The molecular formula is C23H19F3N4O5. The maximum atomic E-state index is 13.4. The summed E-state index contributed by atoms with van der Waals surface area (Å²) in [6.07, 6.45) is -3.56. The molecule has 12 heteroatoms. The molecule has 1 saturated heterocycles. The third-order valence-electron chi connectivity index (χ3n) is 5.67. The largest absolute Gasteiger partial charge is 0.442 e. The Morgan fingerprint density at radius 1 is 1.20 bits per heavy atom. The second-order valence-electron chi connectivity index (χ2n) is 8.03. The van der Waals surface area contributed by atoms with Gasteiger partial charge in [-0.05, 0) is 35.4 Å². The van der Waals surface area contributed by atoms with Crippen molar-refractivity contribution in [2.45, 2.75) is 32.0 Å². The number of rotatable bonds is 6. The highest BCUT2D eigenvalue weighted by Gasteiger charge is 2.37. The monoisotopic (exact) mass is 488 g/mol. The van der Waals surface area contributed by atoms with Crippen molar-refractivity contribution in [2.75, 3.05) is 13.2 Å². The molecule has 2 amide bonds. The molecule has 2 aliphatic rings. The average molecular weight is 488 g/mol. The van der Waals surface area contributed by atoms with Crippen LogP contribution in [0.25, 0.3) is 11.5 Å². The first kappa shape index (κ1) is 22.8. The molecule has 0 bridgehead atoms. The lowest BCUT2D eigenvalue weighted by atomic mass is 10.1. The molecule has 3 heterocycles. The summed E-state index contributed by atoms with van der Waals surface area (Å²) in [4.78, 5) is 26.4. The Hall–Kier alpha value is -3.93. The van der Waals surface area contributed by atoms with Gasteiger partial charge in [-0.15, -0.1) is 10.2 Å². The molecule has 2 aliphatic heterocycles. The van der Waals surface area contributed by atoms with Gasteiger partial charge in [-0.2, -0.15) is 8.78 Å². The third kappa shape index (κ3) is 4.69. The molecule has 3 aromatic rings. The topological polar surface area (TPSA) is 98.0 Å². The van der Waals surface area contributed by atoms with Crippen LogP contribution in [0.3, 0.4) is 0 Å². The SMILES string of the molecule is O=C(OC1CCOC1)N(Cc1ccc(F)cc1)N1Cc2ccc(-c3nnc(C(F)F)o3)cc2C1=O. The Kier molecular flexibility index (Phi) is 6.12. The number of ether oxygens (including phenoxy) is 2. The van der Waals surface area contributed by atoms with E-state index in [-0.39, 0.29) is 36.7 Å². The first-order valence-corrected chi connectivity index (χ1v) is 10.8. The number of hydrogen-bond acceptors (Lipinski definition) is 7. The average Bonchev–Trinajstić information content (AvgIpc) is 3.60. The molecule has 1 fully saturated rings. The summed E-state index contributed by atoms with van der Waals surface area (Å²) >= 11 is 0. The van der Waals surface area contributed by atoms with Crippen LogP contribution in [0, 0.1) is 5.82 Å². The first-order valence-electron chi connectivity index (χ1n) is 10.8. The minimum Gasteiger partial charge on any atom is -0.442 e. The predicted octanol–water partition coefficient (Wildman–Crippen LogP) is 4.11. The van der Waals surface area contributed by atoms with Crippen molar-refractivity contribution in [2.24, 2.45) is 0 Å². The standard InChI is InChI=1S/C23H19F3N4O5/c24-16-5-1-13(2-6-16)10-30(23(32)34-17-7-8-33-12-17)29-11-15-4-3-14(9-18(15)22(29)31)20-27-28-21(35-20)19(25)26/h1-6,9,17,19H,7-8,10-12H2. The number of benzene rings is 2. The molecule has 9 nitrogen and oxygen atoms in total. The summed E-state index contributed by atoms with van der Waals surface area (Å²) in [6.45, 7) is 0.757. The molecule has 35 heavy (non-hydrogen) atoms. The zero-order chi connectivity index (χ0) is 24.5. The summed E-state index contributed by atoms with van der Waals surface area (Å²) in [6, 6.07) is 10.2. The quantitative estimate of drug-likeness (QED) is 0.515. The van der Waals surface area contributed by atoms with Crippen molar-refractivity contribution in [1.29, 1.82) is 0 Å². The number of carbonyl (C=O) groups excluding carboxylic acids is 2. The smallest absolute Gasteiger partial charge is 0.429 e. The van der Waals surface area contributed by atoms with Gasteiger partial charge in [-0.1, -0.05) is 18.2 Å². The number of fused-ring (bicyclic) bond motifs is 1. The summed E-state index contributed by atoms with van der Waals surface area (Å²) < 4.78 is 54.8. The molecule has 0 aliphatic carbocycles. The van der Waals surface area contributed by atoms with E-state index in [0.717, 1.165) is 5.01 Å². The number of amides is 2. The van der Waals surface area contributed by atoms with E-state index in [1.807, 2.05) is 0 Å². The predicted molar refractivity (Wildman–Crippen MR) is 112 cm³/mol. The number of halogens is 3. The molecule has 1 atom stereocenters. The third-order valence-corrected chi connectivity index (χ3v) is 5.67. The number of alkyl halides is 2. The minimum atomic E-state index is -2.92. The van der Waals surface area contributed by atoms with Gasteiger partial charge in [0.05, 0.1) is 26.3 Å². The van der Waals surface area contributed by atoms with Gasteiger partial charge in [0.1, 0.15) is 11.9 Å². The van der Waals surface area contributed by atoms with Gasteiger partial charge in [0, 0.05) is 17.5 Å². The van der Waals surface area contributed by atoms with Crippen LogP contribution in [-0.4, -0.2) is 51.5 Å². The van der Waals surface area contributed by atoms with Crippen LogP contribution in [0.15, 0.2) is 46.9 Å². The van der Waals surface area contributed by atoms with Crippen molar-refractivity contribution >= 4 is 12.0 Å². The molecular weight excluding hydrogens is 469 g/mol. The van der Waals surface area contributed by atoms with Crippen LogP contribution in [0.2, 0.25) is 0 Å². The van der Waals surface area contributed by atoms with Crippen LogP contribution in [-0.2, 0) is 22.6 Å². The Labute approximate surface area is 197 Å². The van der Waals surface area contributed by atoms with E-state index in [4.69, 9.17) is 13.9 Å². The van der Waals surface area contributed by atoms with Crippen LogP contribution in [0.5, 0.6) is 0 Å². The molecule has 0 saturated carbocycles. The van der Waals surface area contributed by atoms with Gasteiger partial charge in [-0.25, -0.2) is 19.2 Å². The lowest BCUT2D eigenvalue weighted by Crippen LogP contribution is -2.47. The van der Waals surface area contributed by atoms with Crippen LogP contribution >= 0.6 is 0 Å². The molecule has 5 rings (SSSR count). The number of hydrogen-bond donors (Lipinski definition) is 0. The van der Waals surface area contributed by atoms with Crippen molar-refractivity contribution in [3.8, 4) is 11.5 Å². The molecule has 0 N–H and O–H groups in total. The molecule has 0 spiro atoms. The van der Waals surface area contributed by atoms with Crippen molar-refractivity contribution < 1.29 is 36.7 Å². The zero-order valence-corrected chi connectivity index (χ0v) is 18.2. The molecule has 1 aromatic heterocycles. The molecule has 2 aromatic carbocycles. The fraction of sp³-hybridized carbons (Fsp3) is 0.304. The summed E-state index contributed by atoms with van der Waals surface area (Å²) in [5, 5.41) is 9.31. The van der Waals surface area contributed by atoms with Gasteiger partial charge in [0.15, 0.2) is 0 Å². The molecule has 182 valence electrons. The number of carbonyl (C=O) groups is 2. The lowest BCUT2D eigenvalue weighted by molar-refractivity contribution is -0.0289. The van der Waals surface area contributed by atoms with E-state index in [1.54, 1.807) is 12.1 Å². The van der Waals surface area contributed by atoms with Gasteiger partial charge >= 0.3 is 12.5 Å². The number of hydrazine groups is 1. The Bertz CT molecular complexity index is 1240. The summed E-state index contributed by atoms with van der Waals surface area (Å²) in [7, 11) is 0. The maximum Gasteiger partial charge on any atom is 0.429 e. The number of nitrogens with zero attached hydrogens (tertiary/aromatic N) is 4. The Balaban J connectivity index is 1.41. The summed E-state index contributed by atoms with van der Waals surface area (Å²) in [5.41, 5.74) is 1.73. The van der Waals surface area contributed by atoms with Gasteiger partial charge in [0.25, 0.3) is 11.8 Å². The summed E-state index contributed by atoms with van der Waals surface area (Å²) in [5.74, 6) is -1.91. The lowest BCUT2D eigenvalue weighted by Gasteiger charge is -2.31. The Morgan fingerprint density at radius 3 is 2.69 bits per heavy atom. The van der Waals surface area contributed by atoms with Crippen LogP contribution < -0.4 is 0 Å². The van der Waals surface area contributed by atoms with E-state index < -0.39 is 36.2 Å². The Morgan fingerprint density at radius 2 is 2.00 bits per heavy atom. The van der Waals surface area contributed by atoms with Crippen molar-refractivity contribution in [1.82, 2.24) is 20.2 Å². The van der Waals surface area contributed by atoms with Crippen LogP contribution in [0.4, 0.5) is 18.0 Å². The van der Waals surface area contributed by atoms with Crippen molar-refractivity contribution in [3.05, 3.63) is 70.9 Å². The van der Waals surface area contributed by atoms with Gasteiger partial charge < -0.3 is 13.9 Å². The highest BCUT2D eigenvalue weighted by molar-refractivity contribution is 6.00. The normalized spacial score (nSPS) is 17.2. The van der Waals surface area contributed by atoms with E-state index >= 15 is 0 Å². The second kappa shape index (κ2) is 9.37. The van der Waals surface area contributed by atoms with E-state index in [9.17, 15) is 22.8 Å². The fourth-order valence-corrected chi connectivity index (χ4v) is 3.87. The van der Waals surface area contributed by atoms with E-state index in [0.29, 0.717) is 24.2 Å². The zero-order valence-electron chi connectivity index (χ0n) is 18.2. The van der Waals surface area contributed by atoms with Crippen molar-refractivity contribution in [3.63, 3.8) is 0 Å². The first-order chi connectivity index (χ1) is 16.9.